The molecule has 0 spiro atoms. The summed E-state index contributed by atoms with van der Waals surface area (Å²) in [5, 5.41) is 9.89. The van der Waals surface area contributed by atoms with Gasteiger partial charge in [-0.15, -0.1) is 0 Å². The van der Waals surface area contributed by atoms with Gasteiger partial charge in [0.25, 0.3) is 0 Å². The molecule has 1 N–H and O–H groups in total. The third kappa shape index (κ3) is 3.17. The van der Waals surface area contributed by atoms with E-state index in [1.807, 2.05) is 54.6 Å². The second kappa shape index (κ2) is 7.14. The summed E-state index contributed by atoms with van der Waals surface area (Å²) < 4.78 is 12.5. The molecule has 0 unspecified atom stereocenters. The molecular weight excluding hydrogens is 372 g/mol. The highest BCUT2D eigenvalue weighted by atomic mass is 32.2. The van der Waals surface area contributed by atoms with E-state index in [-0.39, 0.29) is 0 Å². The smallest absolute Gasteiger partial charge is 0.153 e. The number of ether oxygens (including phenoxy) is 1. The molecule has 8 heteroatoms. The lowest BCUT2D eigenvalue weighted by molar-refractivity contribution is 0.216. The maximum Gasteiger partial charge on any atom is 0.153 e. The SMILES string of the molecule is Cn1ncc2cccc(NSc3cnn(-c4cc(C5=CCOC5)ccn4)c3)c21. The summed E-state index contributed by atoms with van der Waals surface area (Å²) in [6.07, 6.45) is 9.57. The lowest BCUT2D eigenvalue weighted by atomic mass is 10.1. The van der Waals surface area contributed by atoms with Crippen LogP contribution >= 0.6 is 11.9 Å². The fraction of sp³-hybridized carbons (Fsp3) is 0.150. The van der Waals surface area contributed by atoms with Crippen LogP contribution in [0.1, 0.15) is 5.56 Å². The molecule has 0 aliphatic carbocycles. The fourth-order valence-corrected chi connectivity index (χ4v) is 3.89. The second-order valence-electron chi connectivity index (χ2n) is 6.48. The Morgan fingerprint density at radius 2 is 2.14 bits per heavy atom. The molecule has 4 heterocycles. The summed E-state index contributed by atoms with van der Waals surface area (Å²) in [6.45, 7) is 1.32. The lowest BCUT2D eigenvalue weighted by Gasteiger charge is -2.07. The van der Waals surface area contributed by atoms with E-state index in [4.69, 9.17) is 4.74 Å². The number of pyridine rings is 1. The minimum Gasteiger partial charge on any atom is -0.373 e. The molecule has 1 aliphatic rings. The van der Waals surface area contributed by atoms with E-state index < -0.39 is 0 Å². The number of hydrogen-bond donors (Lipinski definition) is 1. The van der Waals surface area contributed by atoms with Crippen LogP contribution in [0, 0.1) is 0 Å². The molecule has 0 amide bonds. The zero-order valence-electron chi connectivity index (χ0n) is 15.2. The molecular formula is C20H18N6OS. The summed E-state index contributed by atoms with van der Waals surface area (Å²) in [7, 11) is 1.94. The van der Waals surface area contributed by atoms with Gasteiger partial charge in [-0.05, 0) is 41.3 Å². The summed E-state index contributed by atoms with van der Waals surface area (Å²) in [5.41, 5.74) is 4.40. The van der Waals surface area contributed by atoms with Gasteiger partial charge in [0.2, 0.25) is 0 Å². The number of hydrogen-bond acceptors (Lipinski definition) is 6. The maximum atomic E-state index is 5.42. The van der Waals surface area contributed by atoms with Gasteiger partial charge in [0.1, 0.15) is 0 Å². The Morgan fingerprint density at radius 3 is 3.04 bits per heavy atom. The minimum absolute atomic E-state index is 0.646. The Kier molecular flexibility index (Phi) is 4.34. The highest BCUT2D eigenvalue weighted by molar-refractivity contribution is 8.00. The monoisotopic (exact) mass is 390 g/mol. The number of anilines is 1. The van der Waals surface area contributed by atoms with Gasteiger partial charge in [-0.2, -0.15) is 10.2 Å². The predicted octanol–water partition coefficient (Wildman–Crippen LogP) is 3.69. The molecule has 1 aliphatic heterocycles. The van der Waals surface area contributed by atoms with Crippen LogP contribution in [0.3, 0.4) is 0 Å². The van der Waals surface area contributed by atoms with Crippen LogP contribution in [0.4, 0.5) is 5.69 Å². The first-order valence-corrected chi connectivity index (χ1v) is 9.71. The van der Waals surface area contributed by atoms with E-state index in [2.05, 4.69) is 32.0 Å². The van der Waals surface area contributed by atoms with Gasteiger partial charge < -0.3 is 9.46 Å². The van der Waals surface area contributed by atoms with E-state index in [1.54, 1.807) is 10.9 Å². The predicted molar refractivity (Wildman–Crippen MR) is 110 cm³/mol. The number of para-hydroxylation sites is 1. The largest absolute Gasteiger partial charge is 0.373 e. The highest BCUT2D eigenvalue weighted by Crippen LogP contribution is 2.28. The number of fused-ring (bicyclic) bond motifs is 1. The zero-order chi connectivity index (χ0) is 18.9. The molecule has 0 saturated heterocycles. The van der Waals surface area contributed by atoms with Gasteiger partial charge in [-0.3, -0.25) is 4.68 Å². The molecule has 1 aromatic carbocycles. The first kappa shape index (κ1) is 17.0. The average Bonchev–Trinajstić information content (AvgIpc) is 3.48. The lowest BCUT2D eigenvalue weighted by Crippen LogP contribution is -1.99. The molecule has 0 fully saturated rings. The van der Waals surface area contributed by atoms with Crippen LogP contribution in [-0.2, 0) is 11.8 Å². The van der Waals surface area contributed by atoms with Crippen molar-refractivity contribution >= 4 is 34.1 Å². The van der Waals surface area contributed by atoms with Gasteiger partial charge in [0.05, 0.1) is 41.7 Å². The number of aryl methyl sites for hydroxylation is 1. The average molecular weight is 390 g/mol. The van der Waals surface area contributed by atoms with E-state index in [9.17, 15) is 0 Å². The standard InChI is InChI=1S/C20H18N6OS/c1-25-20-15(10-22-25)3-2-4-18(20)24-28-17-11-23-26(12-17)19-9-14(5-7-21-19)16-6-8-27-13-16/h2-7,9-12,24H,8,13H2,1H3. The van der Waals surface area contributed by atoms with E-state index in [0.717, 1.165) is 32.9 Å². The third-order valence-corrected chi connectivity index (χ3v) is 5.42. The minimum atomic E-state index is 0.646. The van der Waals surface area contributed by atoms with Crippen LogP contribution in [0.15, 0.2) is 66.1 Å². The topological polar surface area (TPSA) is 69.8 Å². The molecule has 0 atom stereocenters. The number of nitrogens with zero attached hydrogens (tertiary/aromatic N) is 5. The van der Waals surface area contributed by atoms with Crippen molar-refractivity contribution in [3.8, 4) is 5.82 Å². The molecule has 7 nitrogen and oxygen atoms in total. The molecule has 0 bridgehead atoms. The van der Waals surface area contributed by atoms with Gasteiger partial charge in [-0.1, -0.05) is 18.2 Å². The Bertz CT molecular complexity index is 1180. The third-order valence-electron chi connectivity index (χ3n) is 4.65. The molecule has 28 heavy (non-hydrogen) atoms. The zero-order valence-corrected chi connectivity index (χ0v) is 16.1. The van der Waals surface area contributed by atoms with Crippen molar-refractivity contribution in [3.05, 3.63) is 66.8 Å². The van der Waals surface area contributed by atoms with Crippen LogP contribution in [0.25, 0.3) is 22.3 Å². The normalized spacial score (nSPS) is 13.8. The first-order valence-electron chi connectivity index (χ1n) is 8.90. The van der Waals surface area contributed by atoms with E-state index in [1.165, 1.54) is 17.5 Å². The van der Waals surface area contributed by atoms with Crippen molar-refractivity contribution < 1.29 is 4.74 Å². The highest BCUT2D eigenvalue weighted by Gasteiger charge is 2.11. The summed E-state index contributed by atoms with van der Waals surface area (Å²) in [4.78, 5) is 5.44. The maximum absolute atomic E-state index is 5.42. The van der Waals surface area contributed by atoms with Crippen molar-refractivity contribution in [2.75, 3.05) is 17.9 Å². The van der Waals surface area contributed by atoms with Crippen LogP contribution < -0.4 is 4.72 Å². The molecule has 3 aromatic heterocycles. The van der Waals surface area contributed by atoms with E-state index >= 15 is 0 Å². The Labute approximate surface area is 166 Å². The molecule has 0 saturated carbocycles. The van der Waals surface area contributed by atoms with Crippen LogP contribution in [0.5, 0.6) is 0 Å². The second-order valence-corrected chi connectivity index (χ2v) is 7.36. The van der Waals surface area contributed by atoms with Crippen LogP contribution in [0.2, 0.25) is 0 Å². The molecule has 5 rings (SSSR count). The van der Waals surface area contributed by atoms with Crippen molar-refractivity contribution in [3.63, 3.8) is 0 Å². The fourth-order valence-electron chi connectivity index (χ4n) is 3.25. The Balaban J connectivity index is 1.35. The Hall–Kier alpha value is -3.10. The van der Waals surface area contributed by atoms with Gasteiger partial charge in [0, 0.05) is 24.8 Å². The van der Waals surface area contributed by atoms with Crippen molar-refractivity contribution in [2.45, 2.75) is 4.90 Å². The van der Waals surface area contributed by atoms with Crippen molar-refractivity contribution in [2.24, 2.45) is 7.05 Å². The van der Waals surface area contributed by atoms with Gasteiger partial charge in [0.15, 0.2) is 5.82 Å². The number of nitrogens with one attached hydrogen (secondary N) is 1. The van der Waals surface area contributed by atoms with Crippen molar-refractivity contribution in [1.29, 1.82) is 0 Å². The number of aromatic nitrogens is 5. The summed E-state index contributed by atoms with van der Waals surface area (Å²) in [5.74, 6) is 0.783. The summed E-state index contributed by atoms with van der Waals surface area (Å²) in [6, 6.07) is 10.2. The Morgan fingerprint density at radius 1 is 1.18 bits per heavy atom. The number of rotatable bonds is 5. The van der Waals surface area contributed by atoms with Crippen LogP contribution in [-0.4, -0.2) is 37.8 Å². The van der Waals surface area contributed by atoms with Gasteiger partial charge in [-0.25, -0.2) is 9.67 Å². The quantitative estimate of drug-likeness (QED) is 0.524. The van der Waals surface area contributed by atoms with Gasteiger partial charge >= 0.3 is 0 Å². The summed E-state index contributed by atoms with van der Waals surface area (Å²) >= 11 is 1.51. The number of benzene rings is 1. The molecule has 4 aromatic rings. The van der Waals surface area contributed by atoms with Crippen molar-refractivity contribution in [1.82, 2.24) is 24.5 Å². The van der Waals surface area contributed by atoms with E-state index in [0.29, 0.717) is 13.2 Å². The first-order chi connectivity index (χ1) is 13.8. The molecule has 0 radical (unpaired) electrons. The molecule has 140 valence electrons.